The Morgan fingerprint density at radius 1 is 0.429 bits per heavy atom. The monoisotopic (exact) mass is 890 g/mol. The van der Waals surface area contributed by atoms with Crippen LogP contribution in [-0.4, -0.2) is 47.4 Å². The second-order valence-electron chi connectivity index (χ2n) is 19.6. The van der Waals surface area contributed by atoms with Gasteiger partial charge in [0.05, 0.1) is 25.4 Å². The summed E-state index contributed by atoms with van der Waals surface area (Å²) in [5, 5.41) is 23.1. The maximum atomic E-state index is 12.5. The molecule has 0 aliphatic carbocycles. The molecule has 0 saturated heterocycles. The van der Waals surface area contributed by atoms with Gasteiger partial charge in [-0.3, -0.25) is 9.59 Å². The van der Waals surface area contributed by atoms with E-state index < -0.39 is 12.1 Å². The van der Waals surface area contributed by atoms with E-state index in [-0.39, 0.29) is 18.5 Å². The number of carbonyl (C=O) groups excluding carboxylic acids is 2. The van der Waals surface area contributed by atoms with Crippen molar-refractivity contribution in [3.63, 3.8) is 0 Å². The number of ether oxygens (including phenoxy) is 1. The van der Waals surface area contributed by atoms with Crippen molar-refractivity contribution < 1.29 is 24.5 Å². The zero-order valence-corrected chi connectivity index (χ0v) is 42.6. The van der Waals surface area contributed by atoms with E-state index in [1.54, 1.807) is 6.08 Å². The Bertz CT molecular complexity index is 939. The molecule has 0 aromatic carbocycles. The molecule has 3 N–H and O–H groups in total. The van der Waals surface area contributed by atoms with Crippen LogP contribution in [0.25, 0.3) is 0 Å². The number of carbonyl (C=O) groups is 2. The summed E-state index contributed by atoms with van der Waals surface area (Å²) in [5.74, 6) is -0.114. The number of amides is 1. The maximum Gasteiger partial charge on any atom is 0.305 e. The molecule has 0 heterocycles. The summed E-state index contributed by atoms with van der Waals surface area (Å²) in [4.78, 5) is 24.5. The number of nitrogens with one attached hydrogen (secondary N) is 1. The van der Waals surface area contributed by atoms with E-state index in [1.165, 1.54) is 231 Å². The van der Waals surface area contributed by atoms with Crippen molar-refractivity contribution in [3.05, 3.63) is 12.2 Å². The highest BCUT2D eigenvalue weighted by Gasteiger charge is 2.18. The van der Waals surface area contributed by atoms with Crippen molar-refractivity contribution in [1.82, 2.24) is 5.32 Å². The van der Waals surface area contributed by atoms with Gasteiger partial charge in [0, 0.05) is 12.8 Å². The van der Waals surface area contributed by atoms with Gasteiger partial charge < -0.3 is 20.3 Å². The van der Waals surface area contributed by atoms with Gasteiger partial charge in [0.1, 0.15) is 0 Å². The highest BCUT2D eigenvalue weighted by atomic mass is 16.5. The minimum atomic E-state index is -0.861. The van der Waals surface area contributed by atoms with E-state index in [0.717, 1.165) is 57.8 Å². The average molecular weight is 891 g/mol. The van der Waals surface area contributed by atoms with Crippen LogP contribution in [-0.2, 0) is 14.3 Å². The zero-order chi connectivity index (χ0) is 45.8. The molecular formula is C57H111NO5. The molecule has 0 fully saturated rings. The summed E-state index contributed by atoms with van der Waals surface area (Å²) in [6.45, 7) is 4.87. The SMILES string of the molecule is CCCCCCCCCCCCCCCCCCC/C=C/C(O)C(CO)NC(=O)CCCCCCCCCCCOC(=O)CCCCCCCCCCCCCCCCCCCC. The summed E-state index contributed by atoms with van der Waals surface area (Å²) < 4.78 is 5.47. The number of aliphatic hydroxyl groups is 2. The first-order valence-electron chi connectivity index (χ1n) is 28.5. The molecule has 63 heavy (non-hydrogen) atoms. The second-order valence-corrected chi connectivity index (χ2v) is 19.6. The first-order chi connectivity index (χ1) is 31.0. The lowest BCUT2D eigenvalue weighted by atomic mass is 10.0. The summed E-state index contributed by atoms with van der Waals surface area (Å²) >= 11 is 0. The third-order valence-corrected chi connectivity index (χ3v) is 13.3. The smallest absolute Gasteiger partial charge is 0.305 e. The van der Waals surface area contributed by atoms with Gasteiger partial charge in [0.2, 0.25) is 5.91 Å². The highest BCUT2D eigenvalue weighted by molar-refractivity contribution is 5.76. The molecule has 374 valence electrons. The van der Waals surface area contributed by atoms with E-state index in [0.29, 0.717) is 19.4 Å². The fraction of sp³-hybridized carbons (Fsp3) is 0.930. The van der Waals surface area contributed by atoms with E-state index >= 15 is 0 Å². The van der Waals surface area contributed by atoms with Gasteiger partial charge >= 0.3 is 5.97 Å². The van der Waals surface area contributed by atoms with Crippen LogP contribution in [0.1, 0.15) is 316 Å². The summed E-state index contributed by atoms with van der Waals surface area (Å²) in [7, 11) is 0. The maximum absolute atomic E-state index is 12.5. The quantitative estimate of drug-likeness (QED) is 0.0321. The molecule has 0 aromatic rings. The van der Waals surface area contributed by atoms with Crippen LogP contribution in [0.15, 0.2) is 12.2 Å². The number of unbranched alkanes of at least 4 members (excludes halogenated alkanes) is 42. The minimum Gasteiger partial charge on any atom is -0.466 e. The zero-order valence-electron chi connectivity index (χ0n) is 42.6. The fourth-order valence-corrected chi connectivity index (χ4v) is 8.93. The molecule has 0 aliphatic heterocycles. The van der Waals surface area contributed by atoms with Crippen molar-refractivity contribution in [2.45, 2.75) is 328 Å². The molecule has 2 atom stereocenters. The van der Waals surface area contributed by atoms with Crippen molar-refractivity contribution in [2.75, 3.05) is 13.2 Å². The van der Waals surface area contributed by atoms with Crippen LogP contribution in [0, 0.1) is 0 Å². The van der Waals surface area contributed by atoms with Crippen LogP contribution in [0.2, 0.25) is 0 Å². The molecule has 0 radical (unpaired) electrons. The summed E-state index contributed by atoms with van der Waals surface area (Å²) in [5.41, 5.74) is 0. The number of aliphatic hydroxyl groups excluding tert-OH is 2. The molecular weight excluding hydrogens is 779 g/mol. The molecule has 0 bridgehead atoms. The van der Waals surface area contributed by atoms with Crippen LogP contribution in [0.3, 0.4) is 0 Å². The Balaban J connectivity index is 3.49. The molecule has 0 aliphatic rings. The first-order valence-corrected chi connectivity index (χ1v) is 28.5. The molecule has 6 heteroatoms. The van der Waals surface area contributed by atoms with Gasteiger partial charge in [-0.2, -0.15) is 0 Å². The van der Waals surface area contributed by atoms with Gasteiger partial charge in [-0.1, -0.05) is 283 Å². The fourth-order valence-electron chi connectivity index (χ4n) is 8.93. The van der Waals surface area contributed by atoms with Crippen molar-refractivity contribution in [2.24, 2.45) is 0 Å². The van der Waals surface area contributed by atoms with E-state index in [1.807, 2.05) is 6.08 Å². The van der Waals surface area contributed by atoms with Crippen molar-refractivity contribution in [1.29, 1.82) is 0 Å². The topological polar surface area (TPSA) is 95.9 Å². The largest absolute Gasteiger partial charge is 0.466 e. The molecule has 0 spiro atoms. The first kappa shape index (κ1) is 61.6. The molecule has 1 amide bonds. The predicted octanol–water partition coefficient (Wildman–Crippen LogP) is 17.3. The molecule has 0 rings (SSSR count). The third kappa shape index (κ3) is 49.9. The van der Waals surface area contributed by atoms with Gasteiger partial charge in [0.25, 0.3) is 0 Å². The Labute approximate surface area is 393 Å². The number of rotatable bonds is 53. The summed E-state index contributed by atoms with van der Waals surface area (Å²) in [6.07, 6.45) is 62.3. The highest BCUT2D eigenvalue weighted by Crippen LogP contribution is 2.17. The van der Waals surface area contributed by atoms with Crippen LogP contribution >= 0.6 is 0 Å². The van der Waals surface area contributed by atoms with E-state index in [4.69, 9.17) is 4.74 Å². The van der Waals surface area contributed by atoms with Gasteiger partial charge in [-0.15, -0.1) is 0 Å². The molecule has 6 nitrogen and oxygen atoms in total. The Hall–Kier alpha value is -1.40. The van der Waals surface area contributed by atoms with E-state index in [2.05, 4.69) is 19.2 Å². The number of hydrogen-bond acceptors (Lipinski definition) is 5. The number of hydrogen-bond donors (Lipinski definition) is 3. The standard InChI is InChI=1S/C57H111NO5/c1-3-5-7-9-11-13-15-17-19-21-23-24-26-28-30-33-37-41-45-49-55(60)54(53-59)58-56(61)50-46-42-38-34-32-36-40-44-48-52-63-57(62)51-47-43-39-35-31-29-27-25-22-20-18-16-14-12-10-8-6-4-2/h45,49,54-55,59-60H,3-44,46-48,50-53H2,1-2H3,(H,58,61)/b49-45+. The van der Waals surface area contributed by atoms with Crippen LogP contribution < -0.4 is 5.32 Å². The number of allylic oxidation sites excluding steroid dienone is 1. The number of esters is 1. The van der Waals surface area contributed by atoms with Gasteiger partial charge in [-0.05, 0) is 32.1 Å². The second kappa shape index (κ2) is 53.2. The van der Waals surface area contributed by atoms with Gasteiger partial charge in [-0.25, -0.2) is 0 Å². The van der Waals surface area contributed by atoms with Crippen LogP contribution in [0.4, 0.5) is 0 Å². The van der Waals surface area contributed by atoms with Gasteiger partial charge in [0.15, 0.2) is 0 Å². The normalized spacial score (nSPS) is 12.6. The van der Waals surface area contributed by atoms with E-state index in [9.17, 15) is 19.8 Å². The Kier molecular flexibility index (Phi) is 52.0. The molecule has 0 aromatic heterocycles. The molecule has 2 unspecified atom stereocenters. The third-order valence-electron chi connectivity index (χ3n) is 13.3. The van der Waals surface area contributed by atoms with Crippen molar-refractivity contribution in [3.8, 4) is 0 Å². The Morgan fingerprint density at radius 3 is 1.08 bits per heavy atom. The minimum absolute atomic E-state index is 0.0221. The lowest BCUT2D eigenvalue weighted by molar-refractivity contribution is -0.143. The average Bonchev–Trinajstić information content (AvgIpc) is 3.28. The summed E-state index contributed by atoms with van der Waals surface area (Å²) in [6, 6.07) is -0.647. The van der Waals surface area contributed by atoms with Crippen LogP contribution in [0.5, 0.6) is 0 Å². The van der Waals surface area contributed by atoms with Crippen molar-refractivity contribution >= 4 is 11.9 Å². The molecule has 0 saturated carbocycles. The predicted molar refractivity (Wildman–Crippen MR) is 273 cm³/mol. The Morgan fingerprint density at radius 2 is 0.730 bits per heavy atom. The lowest BCUT2D eigenvalue weighted by Gasteiger charge is -2.20. The lowest BCUT2D eigenvalue weighted by Crippen LogP contribution is -2.45.